The van der Waals surface area contributed by atoms with E-state index in [2.05, 4.69) is 12.2 Å². The molecule has 1 aliphatic carbocycles. The Morgan fingerprint density at radius 3 is 2.59 bits per heavy atom. The summed E-state index contributed by atoms with van der Waals surface area (Å²) in [5.74, 6) is -1.05. The van der Waals surface area contributed by atoms with Crippen LogP contribution in [0.25, 0.3) is 0 Å². The van der Waals surface area contributed by atoms with Gasteiger partial charge in [0.05, 0.1) is 24.0 Å². The first-order chi connectivity index (χ1) is 15.2. The Morgan fingerprint density at radius 2 is 1.94 bits per heavy atom. The van der Waals surface area contributed by atoms with Gasteiger partial charge in [-0.05, 0) is 39.2 Å². The molecule has 2 aliphatic heterocycles. The number of unbranched alkanes of at least 4 members (excludes halogenated alkanes) is 1. The van der Waals surface area contributed by atoms with Gasteiger partial charge in [0.2, 0.25) is 11.8 Å². The molecule has 2 heterocycles. The number of carboxylic acids is 1. The molecule has 2 amide bonds. The topological polar surface area (TPSA) is 98.8 Å². The highest BCUT2D eigenvalue weighted by Crippen LogP contribution is 2.51. The van der Waals surface area contributed by atoms with Crippen LogP contribution in [0.3, 0.4) is 0 Å². The van der Waals surface area contributed by atoms with Gasteiger partial charge in [-0.15, -0.1) is 11.8 Å². The van der Waals surface area contributed by atoms with Crippen LogP contribution >= 0.6 is 11.8 Å². The molecular weight excluding hydrogens is 428 g/mol. The fourth-order valence-electron chi connectivity index (χ4n) is 5.32. The number of hydrogen-bond donors (Lipinski definition) is 1. The van der Waals surface area contributed by atoms with Crippen LogP contribution in [0.1, 0.15) is 64.9 Å². The highest BCUT2D eigenvalue weighted by Gasteiger charge is 2.63. The van der Waals surface area contributed by atoms with E-state index in [1.807, 2.05) is 24.3 Å². The normalized spacial score (nSPS) is 27.5. The molecule has 1 aromatic carbocycles. The van der Waals surface area contributed by atoms with Crippen molar-refractivity contribution in [3.63, 3.8) is 0 Å². The van der Waals surface area contributed by atoms with Crippen LogP contribution in [0.4, 0.5) is 0 Å². The number of hydrogen-bond acceptors (Lipinski definition) is 6. The number of rotatable bonds is 8. The number of carbonyl (C=O) groups is 3. The van der Waals surface area contributed by atoms with Crippen molar-refractivity contribution in [2.75, 3.05) is 6.61 Å². The Morgan fingerprint density at radius 1 is 1.25 bits per heavy atom. The predicted octanol–water partition coefficient (Wildman–Crippen LogP) is 1.97. The van der Waals surface area contributed by atoms with Crippen molar-refractivity contribution in [2.45, 2.75) is 86.9 Å². The summed E-state index contributed by atoms with van der Waals surface area (Å²) in [7, 11) is 0. The number of aliphatic carboxylic acids is 1. The molecule has 4 rings (SSSR count). The van der Waals surface area contributed by atoms with Gasteiger partial charge >= 0.3 is 0 Å². The molecule has 0 aromatic heterocycles. The van der Waals surface area contributed by atoms with Gasteiger partial charge in [-0.3, -0.25) is 9.59 Å². The summed E-state index contributed by atoms with van der Waals surface area (Å²) in [6.07, 6.45) is 5.22. The van der Waals surface area contributed by atoms with E-state index in [1.165, 1.54) is 16.7 Å². The van der Waals surface area contributed by atoms with Crippen LogP contribution < -0.4 is 15.2 Å². The van der Waals surface area contributed by atoms with Crippen LogP contribution in [-0.4, -0.2) is 51.5 Å². The quantitative estimate of drug-likeness (QED) is 0.471. The maximum Gasteiger partial charge on any atom is 0.249 e. The van der Waals surface area contributed by atoms with Gasteiger partial charge in [0.25, 0.3) is 0 Å². The van der Waals surface area contributed by atoms with Crippen molar-refractivity contribution in [3.05, 3.63) is 29.8 Å². The molecule has 0 spiro atoms. The number of carboxylic acid groups (broad SMARTS) is 1. The second-order valence-corrected chi connectivity index (χ2v) is 11.3. The summed E-state index contributed by atoms with van der Waals surface area (Å²) in [5, 5.41) is 14.3. The number of carbonyl (C=O) groups excluding carboxylic acids is 3. The molecule has 0 unspecified atom stereocenters. The van der Waals surface area contributed by atoms with E-state index in [-0.39, 0.29) is 17.2 Å². The summed E-state index contributed by atoms with van der Waals surface area (Å²) in [6, 6.07) is 5.99. The molecule has 8 heteroatoms. The zero-order chi connectivity index (χ0) is 23.1. The summed E-state index contributed by atoms with van der Waals surface area (Å²) < 4.78 is 5.36. The van der Waals surface area contributed by atoms with Gasteiger partial charge in [-0.25, -0.2) is 0 Å². The molecule has 32 heavy (non-hydrogen) atoms. The number of fused-ring (bicyclic) bond motifs is 1. The second-order valence-electron chi connectivity index (χ2n) is 9.52. The lowest BCUT2D eigenvalue weighted by atomic mass is 9.77. The minimum Gasteiger partial charge on any atom is -0.548 e. The summed E-state index contributed by atoms with van der Waals surface area (Å²) in [6.45, 7) is 6.29. The Bertz CT molecular complexity index is 911. The van der Waals surface area contributed by atoms with Crippen LogP contribution in [0.2, 0.25) is 0 Å². The Hall–Kier alpha value is -2.22. The number of nitrogens with one attached hydrogen (secondary N) is 1. The molecule has 7 nitrogen and oxygen atoms in total. The number of ether oxygens (including phenoxy) is 1. The average molecular weight is 460 g/mol. The van der Waals surface area contributed by atoms with Gasteiger partial charge in [0.15, 0.2) is 0 Å². The molecule has 174 valence electrons. The van der Waals surface area contributed by atoms with E-state index in [4.69, 9.17) is 4.74 Å². The van der Waals surface area contributed by atoms with Crippen molar-refractivity contribution in [1.82, 2.24) is 10.2 Å². The third-order valence-corrected chi connectivity index (χ3v) is 8.57. The van der Waals surface area contributed by atoms with E-state index in [9.17, 15) is 19.5 Å². The number of amides is 2. The number of para-hydroxylation sites is 1. The highest BCUT2D eigenvalue weighted by molar-refractivity contribution is 8.01. The third kappa shape index (κ3) is 3.66. The van der Waals surface area contributed by atoms with Crippen LogP contribution in [-0.2, 0) is 19.8 Å². The first kappa shape index (κ1) is 23.0. The maximum absolute atomic E-state index is 13.7. The van der Waals surface area contributed by atoms with E-state index in [0.29, 0.717) is 19.4 Å². The molecule has 0 bridgehead atoms. The van der Waals surface area contributed by atoms with E-state index >= 15 is 0 Å². The van der Waals surface area contributed by atoms with Crippen molar-refractivity contribution in [3.8, 4) is 5.75 Å². The molecule has 1 N–H and O–H groups in total. The van der Waals surface area contributed by atoms with Crippen LogP contribution in [0, 0.1) is 0 Å². The first-order valence-corrected chi connectivity index (χ1v) is 12.3. The van der Waals surface area contributed by atoms with Gasteiger partial charge in [0, 0.05) is 10.3 Å². The molecule has 3 fully saturated rings. The summed E-state index contributed by atoms with van der Waals surface area (Å²) in [5.41, 5.74) is 0.137. The lowest BCUT2D eigenvalue weighted by Crippen LogP contribution is -2.72. The van der Waals surface area contributed by atoms with Crippen LogP contribution in [0.5, 0.6) is 5.75 Å². The standard InChI is InChI=1S/C24H32N2O5S/c1-4-5-14-31-16-11-7-6-10-15(16)24(12-8-9-13-24)22(30)25-17-19(27)26-18(21(28)29)23(2,3)32-20(17)26/h6-7,10-11,17-18,20H,4-5,8-9,12-14H2,1-3H3,(H,25,30)(H,28,29)/p-1/t17-,18+,20+/m1/s1. The second kappa shape index (κ2) is 8.61. The molecule has 2 saturated heterocycles. The first-order valence-electron chi connectivity index (χ1n) is 11.5. The SMILES string of the molecule is CCCCOc1ccccc1C1(C(=O)N[C@@H]2C(=O)N3[C@@H](C(=O)[O-])C(C)(C)S[C@@H]23)CCCC1. The predicted molar refractivity (Wildman–Crippen MR) is 120 cm³/mol. The van der Waals surface area contributed by atoms with Gasteiger partial charge < -0.3 is 24.9 Å². The summed E-state index contributed by atoms with van der Waals surface area (Å²) >= 11 is 1.41. The molecule has 1 aromatic rings. The smallest absolute Gasteiger partial charge is 0.249 e. The Labute approximate surface area is 193 Å². The number of benzene rings is 1. The molecule has 3 aliphatic rings. The zero-order valence-electron chi connectivity index (χ0n) is 18.9. The Balaban J connectivity index is 1.56. The minimum absolute atomic E-state index is 0.171. The van der Waals surface area contributed by atoms with Crippen molar-refractivity contribution < 1.29 is 24.2 Å². The van der Waals surface area contributed by atoms with E-state index in [0.717, 1.165) is 37.0 Å². The fraction of sp³-hybridized carbons (Fsp3) is 0.625. The third-order valence-electron chi connectivity index (χ3n) is 7.00. The molecule has 1 saturated carbocycles. The van der Waals surface area contributed by atoms with Gasteiger partial charge in [-0.1, -0.05) is 44.4 Å². The largest absolute Gasteiger partial charge is 0.548 e. The van der Waals surface area contributed by atoms with Crippen molar-refractivity contribution >= 4 is 29.5 Å². The Kier molecular flexibility index (Phi) is 6.18. The maximum atomic E-state index is 13.7. The fourth-order valence-corrected chi connectivity index (χ4v) is 6.94. The minimum atomic E-state index is -1.26. The number of thioether (sulfide) groups is 1. The van der Waals surface area contributed by atoms with Crippen LogP contribution in [0.15, 0.2) is 24.3 Å². The summed E-state index contributed by atoms with van der Waals surface area (Å²) in [4.78, 5) is 39.6. The lowest BCUT2D eigenvalue weighted by molar-refractivity contribution is -0.312. The number of β-lactam (4-membered cyclic amide) rings is 1. The molecular formula is C24H31N2O5S-. The highest BCUT2D eigenvalue weighted by atomic mass is 32.2. The number of nitrogens with zero attached hydrogens (tertiary/aromatic N) is 1. The molecule has 0 radical (unpaired) electrons. The monoisotopic (exact) mass is 459 g/mol. The van der Waals surface area contributed by atoms with Gasteiger partial charge in [0.1, 0.15) is 17.2 Å². The van der Waals surface area contributed by atoms with Gasteiger partial charge in [-0.2, -0.15) is 0 Å². The zero-order valence-corrected chi connectivity index (χ0v) is 19.7. The lowest BCUT2D eigenvalue weighted by Gasteiger charge is -2.46. The van der Waals surface area contributed by atoms with E-state index < -0.39 is 28.2 Å². The van der Waals surface area contributed by atoms with Crippen molar-refractivity contribution in [1.29, 1.82) is 0 Å². The molecule has 3 atom stereocenters. The average Bonchev–Trinajstić information content (AvgIpc) is 3.34. The van der Waals surface area contributed by atoms with Crippen molar-refractivity contribution in [2.24, 2.45) is 0 Å². The van der Waals surface area contributed by atoms with E-state index in [1.54, 1.807) is 13.8 Å².